The standard InChI is InChI=1S/C8H16O2S.CH4/c1-5-6(11)7(9)10-8(2,3)4;/h6,11H,5H2,1-4H3;1H4. The van der Waals surface area contributed by atoms with E-state index in [0.29, 0.717) is 6.42 Å². The fraction of sp³-hybridized carbons (Fsp3) is 0.889. The molecule has 0 amide bonds. The van der Waals surface area contributed by atoms with E-state index >= 15 is 0 Å². The van der Waals surface area contributed by atoms with Crippen LogP contribution in [0.2, 0.25) is 0 Å². The molecule has 0 aromatic rings. The van der Waals surface area contributed by atoms with Gasteiger partial charge >= 0.3 is 5.97 Å². The lowest BCUT2D eigenvalue weighted by Gasteiger charge is -2.21. The van der Waals surface area contributed by atoms with Crippen molar-refractivity contribution in [2.24, 2.45) is 0 Å². The summed E-state index contributed by atoms with van der Waals surface area (Å²) in [5.41, 5.74) is -0.396. The monoisotopic (exact) mass is 192 g/mol. The van der Waals surface area contributed by atoms with Gasteiger partial charge in [-0.05, 0) is 27.2 Å². The lowest BCUT2D eigenvalue weighted by molar-refractivity contribution is -0.154. The van der Waals surface area contributed by atoms with Crippen LogP contribution < -0.4 is 0 Å². The van der Waals surface area contributed by atoms with Crippen LogP contribution in [0.5, 0.6) is 0 Å². The molecule has 3 heteroatoms. The fourth-order valence-corrected chi connectivity index (χ4v) is 0.589. The molecule has 74 valence electrons. The van der Waals surface area contributed by atoms with Gasteiger partial charge in [-0.15, -0.1) is 0 Å². The van der Waals surface area contributed by atoms with Gasteiger partial charge in [-0.1, -0.05) is 14.4 Å². The Morgan fingerprint density at radius 3 is 2.17 bits per heavy atom. The molecule has 0 radical (unpaired) electrons. The van der Waals surface area contributed by atoms with Crippen molar-refractivity contribution in [1.29, 1.82) is 0 Å². The summed E-state index contributed by atoms with van der Waals surface area (Å²) in [4.78, 5) is 11.1. The molecule has 0 N–H and O–H groups in total. The van der Waals surface area contributed by atoms with E-state index in [4.69, 9.17) is 4.74 Å². The maximum absolute atomic E-state index is 11.1. The average Bonchev–Trinajstić information content (AvgIpc) is 1.82. The van der Waals surface area contributed by atoms with Crippen LogP contribution in [0.1, 0.15) is 41.5 Å². The zero-order valence-corrected chi connectivity index (χ0v) is 8.44. The molecule has 0 bridgehead atoms. The molecule has 1 atom stereocenters. The van der Waals surface area contributed by atoms with Gasteiger partial charge in [-0.3, -0.25) is 4.79 Å². The van der Waals surface area contributed by atoms with Crippen LogP contribution in [0.25, 0.3) is 0 Å². The molecule has 0 aliphatic carbocycles. The molecule has 0 aliphatic heterocycles. The Balaban J connectivity index is 0. The maximum atomic E-state index is 11.1. The van der Waals surface area contributed by atoms with Crippen molar-refractivity contribution in [1.82, 2.24) is 0 Å². The van der Waals surface area contributed by atoms with E-state index in [1.165, 1.54) is 0 Å². The van der Waals surface area contributed by atoms with Gasteiger partial charge in [0.25, 0.3) is 0 Å². The molecule has 0 spiro atoms. The highest BCUT2D eigenvalue weighted by Gasteiger charge is 2.20. The number of carbonyl (C=O) groups is 1. The van der Waals surface area contributed by atoms with E-state index in [1.54, 1.807) is 0 Å². The Morgan fingerprint density at radius 2 is 1.92 bits per heavy atom. The highest BCUT2D eigenvalue weighted by molar-refractivity contribution is 7.81. The van der Waals surface area contributed by atoms with Gasteiger partial charge in [0.1, 0.15) is 5.60 Å². The normalized spacial score (nSPS) is 13.1. The third-order valence-electron chi connectivity index (χ3n) is 1.07. The highest BCUT2D eigenvalue weighted by atomic mass is 32.1. The SMILES string of the molecule is C.CCC(S)C(=O)OC(C)(C)C. The van der Waals surface area contributed by atoms with Crippen molar-refractivity contribution >= 4 is 18.6 Å². The van der Waals surface area contributed by atoms with E-state index in [1.807, 2.05) is 27.7 Å². The molecule has 0 saturated carbocycles. The van der Waals surface area contributed by atoms with Crippen molar-refractivity contribution in [3.8, 4) is 0 Å². The van der Waals surface area contributed by atoms with Crippen molar-refractivity contribution in [2.45, 2.75) is 52.4 Å². The van der Waals surface area contributed by atoms with Crippen LogP contribution in [0.3, 0.4) is 0 Å². The molecule has 0 fully saturated rings. The predicted octanol–water partition coefficient (Wildman–Crippen LogP) is 2.67. The van der Waals surface area contributed by atoms with Crippen LogP contribution >= 0.6 is 12.6 Å². The predicted molar refractivity (Wildman–Crippen MR) is 55.6 cm³/mol. The molecule has 1 unspecified atom stereocenters. The first-order chi connectivity index (χ1) is 4.87. The van der Waals surface area contributed by atoms with E-state index in [9.17, 15) is 4.79 Å². The van der Waals surface area contributed by atoms with Crippen LogP contribution in [-0.2, 0) is 9.53 Å². The molecular formula is C9H20O2S. The van der Waals surface area contributed by atoms with Gasteiger partial charge in [0.15, 0.2) is 0 Å². The first kappa shape index (κ1) is 14.3. The Labute approximate surface area is 81.1 Å². The van der Waals surface area contributed by atoms with Crippen molar-refractivity contribution in [2.75, 3.05) is 0 Å². The van der Waals surface area contributed by atoms with Gasteiger partial charge in [0.05, 0.1) is 5.25 Å². The average molecular weight is 192 g/mol. The Hall–Kier alpha value is -0.180. The number of ether oxygens (including phenoxy) is 1. The van der Waals surface area contributed by atoms with Gasteiger partial charge < -0.3 is 4.74 Å². The second kappa shape index (κ2) is 5.46. The van der Waals surface area contributed by atoms with Crippen molar-refractivity contribution < 1.29 is 9.53 Å². The Morgan fingerprint density at radius 1 is 1.50 bits per heavy atom. The summed E-state index contributed by atoms with van der Waals surface area (Å²) in [6.07, 6.45) is 0.706. The smallest absolute Gasteiger partial charge is 0.319 e. The summed E-state index contributed by atoms with van der Waals surface area (Å²) in [5, 5.41) is -0.283. The number of carbonyl (C=O) groups excluding carboxylic acids is 1. The van der Waals surface area contributed by atoms with E-state index < -0.39 is 5.60 Å². The minimum atomic E-state index is -0.396. The molecule has 0 heterocycles. The van der Waals surface area contributed by atoms with E-state index in [2.05, 4.69) is 12.6 Å². The summed E-state index contributed by atoms with van der Waals surface area (Å²) < 4.78 is 5.08. The first-order valence-corrected chi connectivity index (χ1v) is 4.29. The second-order valence-corrected chi connectivity index (χ2v) is 4.08. The van der Waals surface area contributed by atoms with E-state index in [-0.39, 0.29) is 18.6 Å². The lowest BCUT2D eigenvalue weighted by atomic mass is 10.2. The molecule has 0 aliphatic rings. The molecule has 0 aromatic carbocycles. The molecule has 12 heavy (non-hydrogen) atoms. The number of rotatable bonds is 2. The van der Waals surface area contributed by atoms with Crippen LogP contribution in [0.4, 0.5) is 0 Å². The van der Waals surface area contributed by atoms with Gasteiger partial charge in [0, 0.05) is 0 Å². The lowest BCUT2D eigenvalue weighted by Crippen LogP contribution is -2.28. The molecule has 0 aromatic heterocycles. The van der Waals surface area contributed by atoms with Gasteiger partial charge in [0.2, 0.25) is 0 Å². The van der Waals surface area contributed by atoms with Crippen molar-refractivity contribution in [3.63, 3.8) is 0 Å². The number of hydrogen-bond donors (Lipinski definition) is 1. The largest absolute Gasteiger partial charge is 0.459 e. The quantitative estimate of drug-likeness (QED) is 0.538. The van der Waals surface area contributed by atoms with Crippen LogP contribution in [0.15, 0.2) is 0 Å². The van der Waals surface area contributed by atoms with Gasteiger partial charge in [-0.2, -0.15) is 12.6 Å². The second-order valence-electron chi connectivity index (χ2n) is 3.46. The Kier molecular flexibility index (Phi) is 6.53. The number of hydrogen-bond acceptors (Lipinski definition) is 3. The Bertz CT molecular complexity index is 138. The topological polar surface area (TPSA) is 26.3 Å². The summed E-state index contributed by atoms with van der Waals surface area (Å²) in [5.74, 6) is -0.233. The molecule has 0 saturated heterocycles. The number of thiol groups is 1. The van der Waals surface area contributed by atoms with Crippen molar-refractivity contribution in [3.05, 3.63) is 0 Å². The van der Waals surface area contributed by atoms with Crippen LogP contribution in [-0.4, -0.2) is 16.8 Å². The fourth-order valence-electron chi connectivity index (χ4n) is 0.536. The minimum absolute atomic E-state index is 0. The maximum Gasteiger partial charge on any atom is 0.319 e. The minimum Gasteiger partial charge on any atom is -0.459 e. The molecule has 0 rings (SSSR count). The summed E-state index contributed by atoms with van der Waals surface area (Å²) >= 11 is 4.06. The highest BCUT2D eigenvalue weighted by Crippen LogP contribution is 2.12. The van der Waals surface area contributed by atoms with Crippen LogP contribution in [0, 0.1) is 0 Å². The van der Waals surface area contributed by atoms with Gasteiger partial charge in [-0.25, -0.2) is 0 Å². The molecular weight excluding hydrogens is 172 g/mol. The zero-order valence-electron chi connectivity index (χ0n) is 7.55. The van der Waals surface area contributed by atoms with E-state index in [0.717, 1.165) is 0 Å². The summed E-state index contributed by atoms with van der Waals surface area (Å²) in [6.45, 7) is 7.45. The first-order valence-electron chi connectivity index (χ1n) is 3.77. The third-order valence-corrected chi connectivity index (χ3v) is 1.64. The zero-order chi connectivity index (χ0) is 9.07. The molecule has 2 nitrogen and oxygen atoms in total. The number of esters is 1. The summed E-state index contributed by atoms with van der Waals surface area (Å²) in [7, 11) is 0. The third kappa shape index (κ3) is 6.53. The summed E-state index contributed by atoms with van der Waals surface area (Å²) in [6, 6.07) is 0.